The van der Waals surface area contributed by atoms with Crippen molar-refractivity contribution in [3.05, 3.63) is 21.9 Å². The number of carbonyl (C=O) groups is 1. The van der Waals surface area contributed by atoms with Crippen molar-refractivity contribution in [2.24, 2.45) is 0 Å². The predicted octanol–water partition coefficient (Wildman–Crippen LogP) is 3.20. The number of fused-ring (bicyclic) bond motifs is 1. The molecule has 2 aliphatic rings. The molecule has 0 bridgehead atoms. The molecule has 5 heteroatoms. The predicted molar refractivity (Wildman–Crippen MR) is 85.6 cm³/mol. The van der Waals surface area contributed by atoms with Crippen LogP contribution in [0.15, 0.2) is 11.4 Å². The normalized spacial score (nSPS) is 24.8. The maximum atomic E-state index is 12.1. The second-order valence-electron chi connectivity index (χ2n) is 5.64. The molecule has 0 aromatic carbocycles. The molecule has 0 saturated carbocycles. The Morgan fingerprint density at radius 1 is 1.40 bits per heavy atom. The van der Waals surface area contributed by atoms with E-state index in [0.717, 1.165) is 19.4 Å². The molecular weight excluding hydrogens is 292 g/mol. The molecule has 1 aromatic heterocycles. The number of aryl methyl sites for hydroxylation is 1. The second kappa shape index (κ2) is 7.43. The Kier molecular flexibility index (Phi) is 5.87. The molecule has 1 fully saturated rings. The van der Waals surface area contributed by atoms with Gasteiger partial charge in [0.1, 0.15) is 0 Å². The summed E-state index contributed by atoms with van der Waals surface area (Å²) in [5, 5.41) is 8.82. The van der Waals surface area contributed by atoms with Crippen LogP contribution in [0, 0.1) is 0 Å². The van der Waals surface area contributed by atoms with Gasteiger partial charge < -0.3 is 10.6 Å². The first-order chi connectivity index (χ1) is 9.33. The number of carbonyl (C=O) groups excluding carboxylic acids is 1. The molecule has 3 nitrogen and oxygen atoms in total. The summed E-state index contributed by atoms with van der Waals surface area (Å²) < 4.78 is 0. The van der Waals surface area contributed by atoms with E-state index in [1.807, 2.05) is 11.3 Å². The van der Waals surface area contributed by atoms with Crippen molar-refractivity contribution in [3.63, 3.8) is 0 Å². The molecule has 2 heterocycles. The number of rotatable bonds is 4. The van der Waals surface area contributed by atoms with Gasteiger partial charge in [0.05, 0.1) is 6.04 Å². The number of halogens is 1. The van der Waals surface area contributed by atoms with Crippen molar-refractivity contribution in [2.45, 2.75) is 57.0 Å². The van der Waals surface area contributed by atoms with Gasteiger partial charge in [-0.15, -0.1) is 23.7 Å². The van der Waals surface area contributed by atoms with Crippen LogP contribution in [0.3, 0.4) is 0 Å². The number of amides is 1. The van der Waals surface area contributed by atoms with Crippen LogP contribution in [0.25, 0.3) is 0 Å². The minimum Gasteiger partial charge on any atom is -0.349 e. The third-order valence-electron chi connectivity index (χ3n) is 4.27. The largest absolute Gasteiger partial charge is 0.349 e. The standard InChI is InChI=1S/C15H22N2OS.ClH/c18-15(7-6-11-3-2-9-16-11)17-13-4-1-5-14-12(13)8-10-19-14;/h8,10-11,13,16H,1-7,9H2,(H,17,18);1H. The van der Waals surface area contributed by atoms with Gasteiger partial charge in [-0.3, -0.25) is 4.79 Å². The van der Waals surface area contributed by atoms with E-state index in [1.54, 1.807) is 0 Å². The van der Waals surface area contributed by atoms with Gasteiger partial charge in [-0.25, -0.2) is 0 Å². The maximum absolute atomic E-state index is 12.1. The topological polar surface area (TPSA) is 41.1 Å². The van der Waals surface area contributed by atoms with E-state index >= 15 is 0 Å². The zero-order valence-corrected chi connectivity index (χ0v) is 13.3. The van der Waals surface area contributed by atoms with Crippen LogP contribution >= 0.6 is 23.7 Å². The third-order valence-corrected chi connectivity index (χ3v) is 5.27. The Balaban J connectivity index is 0.00000147. The molecule has 0 spiro atoms. The second-order valence-corrected chi connectivity index (χ2v) is 6.64. The molecule has 2 N–H and O–H groups in total. The lowest BCUT2D eigenvalue weighted by Gasteiger charge is -2.24. The Labute approximate surface area is 130 Å². The fourth-order valence-electron chi connectivity index (χ4n) is 3.21. The van der Waals surface area contributed by atoms with E-state index in [2.05, 4.69) is 22.1 Å². The van der Waals surface area contributed by atoms with Crippen LogP contribution in [0.4, 0.5) is 0 Å². The van der Waals surface area contributed by atoms with Crippen molar-refractivity contribution in [1.29, 1.82) is 0 Å². The van der Waals surface area contributed by atoms with Gasteiger partial charge in [-0.2, -0.15) is 0 Å². The summed E-state index contributed by atoms with van der Waals surface area (Å²) in [6.45, 7) is 1.12. The summed E-state index contributed by atoms with van der Waals surface area (Å²) >= 11 is 1.83. The lowest BCUT2D eigenvalue weighted by Crippen LogP contribution is -2.31. The molecule has 1 aromatic rings. The summed E-state index contributed by atoms with van der Waals surface area (Å²) in [5.41, 5.74) is 1.36. The molecular formula is C15H23ClN2OS. The van der Waals surface area contributed by atoms with Crippen molar-refractivity contribution >= 4 is 29.7 Å². The molecule has 1 saturated heterocycles. The fraction of sp³-hybridized carbons (Fsp3) is 0.667. The molecule has 0 radical (unpaired) electrons. The summed E-state index contributed by atoms with van der Waals surface area (Å²) in [7, 11) is 0. The quantitative estimate of drug-likeness (QED) is 0.896. The van der Waals surface area contributed by atoms with Crippen LogP contribution < -0.4 is 10.6 Å². The SMILES string of the molecule is Cl.O=C(CCC1CCCN1)NC1CCCc2sccc21. The molecule has 2 unspecified atom stereocenters. The van der Waals surface area contributed by atoms with Crippen LogP contribution in [0.2, 0.25) is 0 Å². The zero-order chi connectivity index (χ0) is 13.1. The lowest BCUT2D eigenvalue weighted by atomic mass is 9.94. The highest BCUT2D eigenvalue weighted by atomic mass is 35.5. The van der Waals surface area contributed by atoms with Gasteiger partial charge >= 0.3 is 0 Å². The molecule has 1 amide bonds. The summed E-state index contributed by atoms with van der Waals surface area (Å²) in [5.74, 6) is 0.220. The van der Waals surface area contributed by atoms with Gasteiger partial charge in [0.15, 0.2) is 0 Å². The summed E-state index contributed by atoms with van der Waals surface area (Å²) in [6.07, 6.45) is 7.60. The van der Waals surface area contributed by atoms with Gasteiger partial charge in [0.2, 0.25) is 5.91 Å². The minimum atomic E-state index is 0. The zero-order valence-electron chi connectivity index (χ0n) is 11.7. The molecule has 1 aliphatic heterocycles. The lowest BCUT2D eigenvalue weighted by molar-refractivity contribution is -0.122. The number of nitrogens with one attached hydrogen (secondary N) is 2. The Morgan fingerprint density at radius 2 is 2.30 bits per heavy atom. The molecule has 112 valence electrons. The first-order valence-electron chi connectivity index (χ1n) is 7.42. The molecule has 3 rings (SSSR count). The van der Waals surface area contributed by atoms with Crippen molar-refractivity contribution in [3.8, 4) is 0 Å². The van der Waals surface area contributed by atoms with Crippen molar-refractivity contribution in [2.75, 3.05) is 6.54 Å². The van der Waals surface area contributed by atoms with E-state index in [0.29, 0.717) is 12.5 Å². The van der Waals surface area contributed by atoms with Gasteiger partial charge in [-0.1, -0.05) is 0 Å². The van der Waals surface area contributed by atoms with Crippen molar-refractivity contribution < 1.29 is 4.79 Å². The van der Waals surface area contributed by atoms with Crippen LogP contribution in [-0.2, 0) is 11.2 Å². The number of hydrogen-bond acceptors (Lipinski definition) is 3. The average Bonchev–Trinajstić information content (AvgIpc) is 3.08. The van der Waals surface area contributed by atoms with Crippen molar-refractivity contribution in [1.82, 2.24) is 10.6 Å². The van der Waals surface area contributed by atoms with E-state index in [9.17, 15) is 4.79 Å². The number of thiophene rings is 1. The summed E-state index contributed by atoms with van der Waals surface area (Å²) in [4.78, 5) is 13.5. The number of hydrogen-bond donors (Lipinski definition) is 2. The third kappa shape index (κ3) is 3.74. The minimum absolute atomic E-state index is 0. The van der Waals surface area contributed by atoms with E-state index < -0.39 is 0 Å². The highest BCUT2D eigenvalue weighted by Crippen LogP contribution is 2.33. The van der Waals surface area contributed by atoms with Crippen LogP contribution in [0.5, 0.6) is 0 Å². The Morgan fingerprint density at radius 3 is 3.10 bits per heavy atom. The first kappa shape index (κ1) is 15.8. The molecule has 2 atom stereocenters. The van der Waals surface area contributed by atoms with E-state index in [1.165, 1.54) is 36.1 Å². The smallest absolute Gasteiger partial charge is 0.220 e. The first-order valence-corrected chi connectivity index (χ1v) is 8.30. The monoisotopic (exact) mass is 314 g/mol. The van der Waals surface area contributed by atoms with E-state index in [-0.39, 0.29) is 24.4 Å². The average molecular weight is 315 g/mol. The van der Waals surface area contributed by atoms with E-state index in [4.69, 9.17) is 0 Å². The molecule has 1 aliphatic carbocycles. The van der Waals surface area contributed by atoms with Crippen LogP contribution in [0.1, 0.15) is 55.0 Å². The van der Waals surface area contributed by atoms with Gasteiger partial charge in [0, 0.05) is 17.3 Å². The van der Waals surface area contributed by atoms with Crippen LogP contribution in [-0.4, -0.2) is 18.5 Å². The fourth-order valence-corrected chi connectivity index (χ4v) is 4.20. The highest BCUT2D eigenvalue weighted by Gasteiger charge is 2.23. The highest BCUT2D eigenvalue weighted by molar-refractivity contribution is 7.10. The maximum Gasteiger partial charge on any atom is 0.220 e. The Hall–Kier alpha value is -0.580. The Bertz CT molecular complexity index is 443. The molecule has 20 heavy (non-hydrogen) atoms. The summed E-state index contributed by atoms with van der Waals surface area (Å²) in [6, 6.07) is 3.01. The van der Waals surface area contributed by atoms with Gasteiger partial charge in [-0.05, 0) is 62.1 Å². The van der Waals surface area contributed by atoms with Gasteiger partial charge in [0.25, 0.3) is 0 Å².